The molecule has 3 nitrogen and oxygen atoms in total. The van der Waals surface area contributed by atoms with Crippen LogP contribution in [0.2, 0.25) is 5.02 Å². The molecule has 0 spiro atoms. The molecule has 1 saturated heterocycles. The minimum atomic E-state index is -4.65. The number of alkyl halides is 3. The molecular weight excluding hydrogens is 343 g/mol. The van der Waals surface area contributed by atoms with E-state index in [-0.39, 0.29) is 17.5 Å². The van der Waals surface area contributed by atoms with Crippen LogP contribution in [0.1, 0.15) is 18.4 Å². The number of fused-ring (bicyclic) bond motifs is 1. The molecule has 1 aromatic rings. The Kier molecular flexibility index (Phi) is 3.33. The van der Waals surface area contributed by atoms with Crippen LogP contribution in [-0.4, -0.2) is 11.8 Å². The molecule has 1 saturated carbocycles. The quantitative estimate of drug-likeness (QED) is 0.562. The van der Waals surface area contributed by atoms with E-state index in [0.717, 1.165) is 29.9 Å². The summed E-state index contributed by atoms with van der Waals surface area (Å²) >= 11 is 5.62. The van der Waals surface area contributed by atoms with Crippen LogP contribution in [0.4, 0.5) is 18.9 Å². The number of carbonyl (C=O) groups excluding carboxylic acids is 2. The van der Waals surface area contributed by atoms with Gasteiger partial charge in [-0.05, 0) is 42.9 Å². The first kappa shape index (κ1) is 15.7. The van der Waals surface area contributed by atoms with E-state index in [0.29, 0.717) is 0 Å². The number of carbonyl (C=O) groups is 2. The summed E-state index contributed by atoms with van der Waals surface area (Å²) in [5, 5.41) is -0.454. The summed E-state index contributed by atoms with van der Waals surface area (Å²) in [5.41, 5.74) is -1.10. The van der Waals surface area contributed by atoms with E-state index in [2.05, 4.69) is 0 Å². The molecule has 1 heterocycles. The Hall–Kier alpha value is -1.82. The van der Waals surface area contributed by atoms with Crippen LogP contribution < -0.4 is 4.90 Å². The summed E-state index contributed by atoms with van der Waals surface area (Å²) in [5.74, 6) is -1.72. The van der Waals surface area contributed by atoms with Crippen molar-refractivity contribution in [3.63, 3.8) is 0 Å². The Morgan fingerprint density at radius 1 is 1.00 bits per heavy atom. The molecule has 0 radical (unpaired) electrons. The van der Waals surface area contributed by atoms with Crippen molar-refractivity contribution in [1.82, 2.24) is 0 Å². The van der Waals surface area contributed by atoms with E-state index in [9.17, 15) is 22.8 Å². The highest BCUT2D eigenvalue weighted by Gasteiger charge is 2.57. The number of benzene rings is 1. The van der Waals surface area contributed by atoms with Crippen LogP contribution in [0.25, 0.3) is 0 Å². The number of imide groups is 1. The number of rotatable bonds is 1. The zero-order valence-electron chi connectivity index (χ0n) is 12.4. The molecule has 2 amide bonds. The van der Waals surface area contributed by atoms with Gasteiger partial charge in [0.1, 0.15) is 0 Å². The molecule has 3 aliphatic carbocycles. The highest BCUT2D eigenvalue weighted by molar-refractivity contribution is 6.31. The van der Waals surface area contributed by atoms with Gasteiger partial charge in [0.05, 0.1) is 28.1 Å². The lowest BCUT2D eigenvalue weighted by Gasteiger charge is -2.38. The first-order valence-electron chi connectivity index (χ1n) is 7.72. The Bertz CT molecular complexity index is 742. The number of hydrogen-bond acceptors (Lipinski definition) is 2. The third-order valence-corrected chi connectivity index (χ3v) is 5.60. The maximum atomic E-state index is 13.1. The van der Waals surface area contributed by atoms with Crippen molar-refractivity contribution in [3.8, 4) is 0 Å². The van der Waals surface area contributed by atoms with Gasteiger partial charge in [-0.15, -0.1) is 0 Å². The van der Waals surface area contributed by atoms with Crippen LogP contribution in [-0.2, 0) is 15.8 Å². The van der Waals surface area contributed by atoms with Gasteiger partial charge in [0.2, 0.25) is 11.8 Å². The number of amides is 2. The summed E-state index contributed by atoms with van der Waals surface area (Å²) in [6.07, 6.45) is 0.958. The molecule has 4 unspecified atom stereocenters. The van der Waals surface area contributed by atoms with Crippen molar-refractivity contribution in [1.29, 1.82) is 0 Å². The standard InChI is InChI=1S/C17H13ClF3NO2/c18-12-6-5-10(7-11(12)17(19,20)21)22-15(23)13-8-1-2-9(4-3-8)14(13)16(22)24/h1-2,5-9,13-14H,3-4H2. The largest absolute Gasteiger partial charge is 0.417 e. The lowest BCUT2D eigenvalue weighted by Crippen LogP contribution is -2.38. The topological polar surface area (TPSA) is 37.4 Å². The first-order valence-corrected chi connectivity index (χ1v) is 8.09. The van der Waals surface area contributed by atoms with Crippen molar-refractivity contribution in [2.24, 2.45) is 23.7 Å². The number of nitrogens with zero attached hydrogens (tertiary/aromatic N) is 1. The van der Waals surface area contributed by atoms with E-state index in [4.69, 9.17) is 11.6 Å². The zero-order chi connectivity index (χ0) is 17.2. The SMILES string of the molecule is O=C1C2C3C=CC(CC3)C2C(=O)N1c1ccc(Cl)c(C(F)(F)F)c1. The molecule has 0 aromatic heterocycles. The predicted octanol–water partition coefficient (Wildman–Crippen LogP) is 4.06. The molecular formula is C17H13ClF3NO2. The zero-order valence-corrected chi connectivity index (χ0v) is 13.1. The van der Waals surface area contributed by atoms with Crippen LogP contribution in [0.15, 0.2) is 30.4 Å². The molecule has 5 rings (SSSR count). The lowest BCUT2D eigenvalue weighted by atomic mass is 9.63. The molecule has 1 aromatic carbocycles. The molecule has 7 heteroatoms. The van der Waals surface area contributed by atoms with Gasteiger partial charge in [-0.3, -0.25) is 14.5 Å². The Morgan fingerprint density at radius 3 is 2.00 bits per heavy atom. The van der Waals surface area contributed by atoms with Crippen LogP contribution >= 0.6 is 11.6 Å². The van der Waals surface area contributed by atoms with Crippen LogP contribution in [0, 0.1) is 23.7 Å². The minimum Gasteiger partial charge on any atom is -0.274 e. The molecule has 2 bridgehead atoms. The smallest absolute Gasteiger partial charge is 0.274 e. The summed E-state index contributed by atoms with van der Waals surface area (Å²) in [7, 11) is 0. The molecule has 126 valence electrons. The van der Waals surface area contributed by atoms with Gasteiger partial charge in [-0.2, -0.15) is 13.2 Å². The van der Waals surface area contributed by atoms with Gasteiger partial charge in [0.25, 0.3) is 0 Å². The number of hydrogen-bond donors (Lipinski definition) is 0. The van der Waals surface area contributed by atoms with Gasteiger partial charge >= 0.3 is 6.18 Å². The normalized spacial score (nSPS) is 31.8. The highest BCUT2D eigenvalue weighted by atomic mass is 35.5. The molecule has 0 N–H and O–H groups in total. The van der Waals surface area contributed by atoms with Crippen molar-refractivity contribution < 1.29 is 22.8 Å². The van der Waals surface area contributed by atoms with Crippen molar-refractivity contribution in [2.75, 3.05) is 4.90 Å². The van der Waals surface area contributed by atoms with Gasteiger partial charge < -0.3 is 0 Å². The Morgan fingerprint density at radius 2 is 1.54 bits per heavy atom. The Labute approximate surface area is 141 Å². The third-order valence-electron chi connectivity index (χ3n) is 5.27. The lowest BCUT2D eigenvalue weighted by molar-refractivity contribution is -0.137. The van der Waals surface area contributed by atoms with Gasteiger partial charge in [-0.1, -0.05) is 23.8 Å². The second kappa shape index (κ2) is 5.09. The molecule has 2 fully saturated rings. The summed E-state index contributed by atoms with van der Waals surface area (Å²) in [4.78, 5) is 26.4. The Balaban J connectivity index is 1.76. The molecule has 1 aliphatic heterocycles. The maximum Gasteiger partial charge on any atom is 0.417 e. The summed E-state index contributed by atoms with van der Waals surface area (Å²) in [6, 6.07) is 3.15. The van der Waals surface area contributed by atoms with Crippen LogP contribution in [0.3, 0.4) is 0 Å². The maximum absolute atomic E-state index is 13.1. The number of allylic oxidation sites excluding steroid dienone is 2. The van der Waals surface area contributed by atoms with Crippen molar-refractivity contribution >= 4 is 29.1 Å². The van der Waals surface area contributed by atoms with E-state index < -0.39 is 40.4 Å². The summed E-state index contributed by atoms with van der Waals surface area (Å²) in [6.45, 7) is 0. The molecule has 4 atom stereocenters. The fourth-order valence-electron chi connectivity index (χ4n) is 4.20. The van der Waals surface area contributed by atoms with Crippen molar-refractivity contribution in [2.45, 2.75) is 19.0 Å². The van der Waals surface area contributed by atoms with Gasteiger partial charge in [-0.25, -0.2) is 0 Å². The van der Waals surface area contributed by atoms with Gasteiger partial charge in [0.15, 0.2) is 0 Å². The molecule has 24 heavy (non-hydrogen) atoms. The van der Waals surface area contributed by atoms with E-state index in [1.54, 1.807) is 0 Å². The van der Waals surface area contributed by atoms with E-state index in [1.165, 1.54) is 6.07 Å². The van der Waals surface area contributed by atoms with Crippen LogP contribution in [0.5, 0.6) is 0 Å². The highest BCUT2D eigenvalue weighted by Crippen LogP contribution is 2.50. The average molecular weight is 356 g/mol. The van der Waals surface area contributed by atoms with E-state index in [1.807, 2.05) is 12.2 Å². The second-order valence-electron chi connectivity index (χ2n) is 6.52. The van der Waals surface area contributed by atoms with E-state index >= 15 is 0 Å². The fourth-order valence-corrected chi connectivity index (χ4v) is 4.42. The van der Waals surface area contributed by atoms with Gasteiger partial charge in [0, 0.05) is 0 Å². The third kappa shape index (κ3) is 2.12. The predicted molar refractivity (Wildman–Crippen MR) is 81.3 cm³/mol. The monoisotopic (exact) mass is 355 g/mol. The number of anilines is 1. The van der Waals surface area contributed by atoms with Crippen molar-refractivity contribution in [3.05, 3.63) is 40.9 Å². The average Bonchev–Trinajstić information content (AvgIpc) is 2.82. The first-order chi connectivity index (χ1) is 11.3. The second-order valence-corrected chi connectivity index (χ2v) is 6.92. The minimum absolute atomic E-state index is 0.00385. The number of halogens is 4. The fraction of sp³-hybridized carbons (Fsp3) is 0.412. The summed E-state index contributed by atoms with van der Waals surface area (Å²) < 4.78 is 39.2. The molecule has 4 aliphatic rings.